The number of ether oxygens (including phenoxy) is 1. The van der Waals surface area contributed by atoms with Crippen molar-refractivity contribution in [3.8, 4) is 0 Å². The van der Waals surface area contributed by atoms with Crippen molar-refractivity contribution in [2.75, 3.05) is 0 Å². The monoisotopic (exact) mass is 360 g/mol. The Hall–Kier alpha value is 0.310. The highest BCUT2D eigenvalue weighted by molar-refractivity contribution is 7.61. The molecule has 3 nitrogen and oxygen atoms in total. The van der Waals surface area contributed by atoms with Crippen LogP contribution in [0.4, 0.5) is 0 Å². The molecule has 0 bridgehead atoms. The SMILES string of the molecule is CCC(C)P1C(C)(CC)CC(O)(CC)OC(O)(CC)CC1(C)CC. The molecule has 5 atom stereocenters. The molecule has 0 spiro atoms. The van der Waals surface area contributed by atoms with E-state index in [9.17, 15) is 10.2 Å². The summed E-state index contributed by atoms with van der Waals surface area (Å²) >= 11 is 0. The predicted octanol–water partition coefficient (Wildman–Crippen LogP) is 5.61. The Labute approximate surface area is 151 Å². The van der Waals surface area contributed by atoms with Gasteiger partial charge < -0.3 is 14.9 Å². The van der Waals surface area contributed by atoms with Crippen molar-refractivity contribution < 1.29 is 14.9 Å². The molecule has 4 heteroatoms. The van der Waals surface area contributed by atoms with Crippen molar-refractivity contribution in [2.24, 2.45) is 0 Å². The van der Waals surface area contributed by atoms with Gasteiger partial charge in [-0.2, -0.15) is 0 Å². The van der Waals surface area contributed by atoms with Gasteiger partial charge in [0.1, 0.15) is 0 Å². The molecule has 144 valence electrons. The van der Waals surface area contributed by atoms with Crippen LogP contribution in [0.15, 0.2) is 0 Å². The summed E-state index contributed by atoms with van der Waals surface area (Å²) in [6, 6.07) is 0. The van der Waals surface area contributed by atoms with Gasteiger partial charge in [0.15, 0.2) is 11.6 Å². The summed E-state index contributed by atoms with van der Waals surface area (Å²) in [5.41, 5.74) is 0.607. The van der Waals surface area contributed by atoms with Gasteiger partial charge in [-0.25, -0.2) is 0 Å². The van der Waals surface area contributed by atoms with Crippen LogP contribution < -0.4 is 0 Å². The van der Waals surface area contributed by atoms with E-state index in [0.29, 0.717) is 31.3 Å². The van der Waals surface area contributed by atoms with Crippen LogP contribution in [0.1, 0.15) is 100 Å². The van der Waals surface area contributed by atoms with E-state index >= 15 is 0 Å². The molecule has 0 amide bonds. The van der Waals surface area contributed by atoms with Crippen molar-refractivity contribution in [3.05, 3.63) is 0 Å². The Kier molecular flexibility index (Phi) is 7.36. The van der Waals surface area contributed by atoms with E-state index in [4.69, 9.17) is 4.74 Å². The maximum absolute atomic E-state index is 11.2. The highest BCUT2D eigenvalue weighted by Gasteiger charge is 2.55. The molecule has 0 aliphatic carbocycles. The first kappa shape index (κ1) is 22.4. The van der Waals surface area contributed by atoms with Gasteiger partial charge in [-0.1, -0.05) is 63.3 Å². The third-order valence-corrected chi connectivity index (χ3v) is 11.0. The number of hydrogen-bond acceptors (Lipinski definition) is 3. The first-order valence-corrected chi connectivity index (χ1v) is 11.3. The fourth-order valence-corrected chi connectivity index (χ4v) is 9.98. The molecule has 1 saturated heterocycles. The summed E-state index contributed by atoms with van der Waals surface area (Å²) in [5, 5.41) is 22.4. The summed E-state index contributed by atoms with van der Waals surface area (Å²) < 4.78 is 6.04. The minimum atomic E-state index is -1.24. The van der Waals surface area contributed by atoms with Crippen LogP contribution >= 0.6 is 7.92 Å². The summed E-state index contributed by atoms with van der Waals surface area (Å²) in [4.78, 5) is 0. The van der Waals surface area contributed by atoms with Crippen molar-refractivity contribution in [3.63, 3.8) is 0 Å². The van der Waals surface area contributed by atoms with Gasteiger partial charge in [-0.3, -0.25) is 0 Å². The molecule has 1 aliphatic rings. The maximum Gasteiger partial charge on any atom is 0.169 e. The Morgan fingerprint density at radius 2 is 1.21 bits per heavy atom. The highest BCUT2D eigenvalue weighted by atomic mass is 31.1. The lowest BCUT2D eigenvalue weighted by Gasteiger charge is -2.58. The Balaban J connectivity index is 3.53. The van der Waals surface area contributed by atoms with Gasteiger partial charge in [0, 0.05) is 12.8 Å². The lowest BCUT2D eigenvalue weighted by atomic mass is 9.91. The molecule has 0 radical (unpaired) electrons. The van der Waals surface area contributed by atoms with E-state index in [1.807, 2.05) is 13.8 Å². The van der Waals surface area contributed by atoms with Crippen LogP contribution in [-0.4, -0.2) is 37.8 Å². The van der Waals surface area contributed by atoms with Crippen LogP contribution in [0.25, 0.3) is 0 Å². The zero-order valence-electron chi connectivity index (χ0n) is 17.3. The summed E-state index contributed by atoms with van der Waals surface area (Å²) in [6.45, 7) is 17.7. The van der Waals surface area contributed by atoms with Crippen LogP contribution in [0.5, 0.6) is 0 Å². The van der Waals surface area contributed by atoms with Gasteiger partial charge in [-0.05, 0) is 48.1 Å². The first-order valence-electron chi connectivity index (χ1n) is 9.91. The molecule has 0 aromatic heterocycles. The van der Waals surface area contributed by atoms with E-state index in [1.54, 1.807) is 0 Å². The molecule has 2 N–H and O–H groups in total. The molecule has 1 rings (SSSR count). The second-order valence-electron chi connectivity index (χ2n) is 8.38. The van der Waals surface area contributed by atoms with Crippen molar-refractivity contribution in [1.82, 2.24) is 0 Å². The zero-order valence-corrected chi connectivity index (χ0v) is 18.2. The number of aliphatic hydroxyl groups is 2. The van der Waals surface area contributed by atoms with E-state index in [0.717, 1.165) is 19.3 Å². The van der Waals surface area contributed by atoms with Gasteiger partial charge in [-0.15, -0.1) is 0 Å². The molecule has 0 aromatic rings. The van der Waals surface area contributed by atoms with Crippen LogP contribution in [0.2, 0.25) is 0 Å². The Morgan fingerprint density at radius 1 is 0.833 bits per heavy atom. The lowest BCUT2D eigenvalue weighted by molar-refractivity contribution is -0.344. The molecule has 24 heavy (non-hydrogen) atoms. The molecule has 5 unspecified atom stereocenters. The maximum atomic E-state index is 11.2. The minimum Gasteiger partial charge on any atom is -0.365 e. The molecular formula is C20H41O3P. The van der Waals surface area contributed by atoms with E-state index in [2.05, 4.69) is 41.5 Å². The van der Waals surface area contributed by atoms with Gasteiger partial charge >= 0.3 is 0 Å². The average molecular weight is 361 g/mol. The lowest BCUT2D eigenvalue weighted by Crippen LogP contribution is -2.55. The Morgan fingerprint density at radius 3 is 1.46 bits per heavy atom. The largest absolute Gasteiger partial charge is 0.365 e. The zero-order chi connectivity index (χ0) is 18.8. The smallest absolute Gasteiger partial charge is 0.169 e. The van der Waals surface area contributed by atoms with Crippen LogP contribution in [0, 0.1) is 0 Å². The van der Waals surface area contributed by atoms with Crippen molar-refractivity contribution >= 4 is 7.92 Å². The van der Waals surface area contributed by atoms with E-state index in [-0.39, 0.29) is 10.3 Å². The van der Waals surface area contributed by atoms with E-state index in [1.165, 1.54) is 0 Å². The molecule has 1 fully saturated rings. The fourth-order valence-electron chi connectivity index (χ4n) is 4.67. The second kappa shape index (κ2) is 7.91. The van der Waals surface area contributed by atoms with Crippen molar-refractivity contribution in [1.29, 1.82) is 0 Å². The number of rotatable bonds is 6. The van der Waals surface area contributed by atoms with Crippen LogP contribution in [0.3, 0.4) is 0 Å². The van der Waals surface area contributed by atoms with Gasteiger partial charge in [0.2, 0.25) is 0 Å². The summed E-state index contributed by atoms with van der Waals surface area (Å²) in [7, 11) is -0.396. The molecule has 1 aliphatic heterocycles. The first-order chi connectivity index (χ1) is 11.0. The molecular weight excluding hydrogens is 319 g/mol. The second-order valence-corrected chi connectivity index (χ2v) is 12.2. The summed E-state index contributed by atoms with van der Waals surface area (Å²) in [5.74, 6) is -2.47. The normalized spacial score (nSPS) is 45.5. The summed E-state index contributed by atoms with van der Waals surface area (Å²) in [6.07, 6.45) is 5.47. The third-order valence-electron chi connectivity index (χ3n) is 6.52. The predicted molar refractivity (Wildman–Crippen MR) is 105 cm³/mol. The van der Waals surface area contributed by atoms with Gasteiger partial charge in [0.05, 0.1) is 0 Å². The third kappa shape index (κ3) is 4.34. The molecule has 0 saturated carbocycles. The highest BCUT2D eigenvalue weighted by Crippen LogP contribution is 2.70. The topological polar surface area (TPSA) is 49.7 Å². The quantitative estimate of drug-likeness (QED) is 0.605. The standard InChI is InChI=1S/C20H41O3P/c1-9-16(6)24-17(7,10-2)14-19(21,12-4)23-20(22,13-5)15-18(24,8)11-3/h16,21-22H,9-15H2,1-8H3. The Bertz CT molecular complexity index is 386. The number of hydrogen-bond donors (Lipinski definition) is 2. The molecule has 0 aromatic carbocycles. The van der Waals surface area contributed by atoms with Gasteiger partial charge in [0.25, 0.3) is 0 Å². The average Bonchev–Trinajstić information content (AvgIpc) is 2.53. The van der Waals surface area contributed by atoms with Crippen molar-refractivity contribution in [2.45, 2.75) is 128 Å². The minimum absolute atomic E-state index is 0.0509. The van der Waals surface area contributed by atoms with E-state index < -0.39 is 19.5 Å². The fraction of sp³-hybridized carbons (Fsp3) is 1.00. The van der Waals surface area contributed by atoms with Crippen LogP contribution in [-0.2, 0) is 4.74 Å². The molecule has 1 heterocycles.